The van der Waals surface area contributed by atoms with Crippen LogP contribution in [0.1, 0.15) is 109 Å². The summed E-state index contributed by atoms with van der Waals surface area (Å²) in [4.78, 5) is 0. The molecular weight excluding hydrogens is 356 g/mol. The molecule has 2 atom stereocenters. The molecule has 0 saturated heterocycles. The number of rotatable bonds is 23. The van der Waals surface area contributed by atoms with E-state index in [1.165, 1.54) is 83.5 Å². The highest BCUT2D eigenvalue weighted by molar-refractivity contribution is 4.57. The summed E-state index contributed by atoms with van der Waals surface area (Å²) >= 11 is 0. The quantitative estimate of drug-likeness (QED) is 0.190. The van der Waals surface area contributed by atoms with Gasteiger partial charge in [0.25, 0.3) is 0 Å². The molecular formula is C23H48O5. The average molecular weight is 405 g/mol. The second-order valence-corrected chi connectivity index (χ2v) is 8.20. The largest absolute Gasteiger partial charge is 0.396 e. The topological polar surface area (TPSA) is 90.2 Å². The number of aliphatic hydroxyl groups excluding tert-OH is 4. The first kappa shape index (κ1) is 27.8. The lowest BCUT2D eigenvalue weighted by Gasteiger charge is -2.13. The van der Waals surface area contributed by atoms with Gasteiger partial charge in [-0.15, -0.1) is 0 Å². The van der Waals surface area contributed by atoms with Crippen molar-refractivity contribution in [1.29, 1.82) is 0 Å². The molecule has 28 heavy (non-hydrogen) atoms. The van der Waals surface area contributed by atoms with E-state index in [1.807, 2.05) is 0 Å². The fraction of sp³-hybridized carbons (Fsp3) is 1.00. The first-order chi connectivity index (χ1) is 13.7. The molecule has 5 heteroatoms. The lowest BCUT2D eigenvalue weighted by Crippen LogP contribution is -2.23. The van der Waals surface area contributed by atoms with E-state index in [9.17, 15) is 5.11 Å². The Morgan fingerprint density at radius 2 is 0.821 bits per heavy atom. The van der Waals surface area contributed by atoms with Crippen molar-refractivity contribution in [2.45, 2.75) is 121 Å². The predicted octanol–water partition coefficient (Wildman–Crippen LogP) is 4.34. The Bertz CT molecular complexity index is 288. The Balaban J connectivity index is 3.11. The van der Waals surface area contributed by atoms with E-state index < -0.39 is 12.2 Å². The Labute approximate surface area is 173 Å². The molecule has 5 nitrogen and oxygen atoms in total. The minimum absolute atomic E-state index is 0.0823. The van der Waals surface area contributed by atoms with Gasteiger partial charge < -0.3 is 25.2 Å². The van der Waals surface area contributed by atoms with E-state index in [-0.39, 0.29) is 19.8 Å². The number of aliphatic hydroxyl groups is 4. The summed E-state index contributed by atoms with van der Waals surface area (Å²) in [5, 5.41) is 36.3. The summed E-state index contributed by atoms with van der Waals surface area (Å²) in [6.07, 6.45) is 19.8. The van der Waals surface area contributed by atoms with Gasteiger partial charge in [-0.3, -0.25) is 0 Å². The van der Waals surface area contributed by atoms with Gasteiger partial charge in [-0.1, -0.05) is 96.3 Å². The zero-order valence-corrected chi connectivity index (χ0v) is 18.2. The van der Waals surface area contributed by atoms with Crippen molar-refractivity contribution >= 4 is 0 Å². The van der Waals surface area contributed by atoms with Crippen LogP contribution in [0.4, 0.5) is 0 Å². The highest BCUT2D eigenvalue weighted by Crippen LogP contribution is 2.14. The molecule has 0 aliphatic heterocycles. The third-order valence-electron chi connectivity index (χ3n) is 5.28. The van der Waals surface area contributed by atoms with Crippen LogP contribution < -0.4 is 0 Å². The van der Waals surface area contributed by atoms with E-state index in [4.69, 9.17) is 20.1 Å². The fourth-order valence-corrected chi connectivity index (χ4v) is 3.44. The molecule has 0 aromatic carbocycles. The van der Waals surface area contributed by atoms with Crippen molar-refractivity contribution in [2.75, 3.05) is 26.4 Å². The van der Waals surface area contributed by atoms with Crippen molar-refractivity contribution < 1.29 is 25.2 Å². The van der Waals surface area contributed by atoms with Gasteiger partial charge in [-0.05, 0) is 12.8 Å². The molecule has 0 fully saturated rings. The lowest BCUT2D eigenvalue weighted by atomic mass is 10.0. The Morgan fingerprint density at radius 1 is 0.464 bits per heavy atom. The molecule has 0 rings (SSSR count). The molecule has 0 bridgehead atoms. The number of hydrogen-bond acceptors (Lipinski definition) is 5. The molecule has 0 aromatic rings. The van der Waals surface area contributed by atoms with Crippen LogP contribution in [0.25, 0.3) is 0 Å². The Hall–Kier alpha value is -0.200. The molecule has 0 heterocycles. The molecule has 0 radical (unpaired) electrons. The first-order valence-electron chi connectivity index (χ1n) is 11.9. The van der Waals surface area contributed by atoms with E-state index in [0.717, 1.165) is 25.7 Å². The highest BCUT2D eigenvalue weighted by Gasteiger charge is 2.06. The van der Waals surface area contributed by atoms with Crippen LogP contribution in [0.5, 0.6) is 0 Å². The summed E-state index contributed by atoms with van der Waals surface area (Å²) < 4.78 is 5.16. The van der Waals surface area contributed by atoms with Gasteiger partial charge in [-0.2, -0.15) is 0 Å². The molecule has 4 N–H and O–H groups in total. The monoisotopic (exact) mass is 404 g/mol. The maximum absolute atomic E-state index is 9.78. The van der Waals surface area contributed by atoms with E-state index in [0.29, 0.717) is 6.61 Å². The van der Waals surface area contributed by atoms with Crippen LogP contribution in [-0.2, 0) is 4.74 Å². The second kappa shape index (κ2) is 23.1. The summed E-state index contributed by atoms with van der Waals surface area (Å²) in [5.41, 5.74) is 0. The SMILES string of the molecule is OCCCCCCCCCCCCCCCCCCC(O)COCC(O)CO. The van der Waals surface area contributed by atoms with E-state index >= 15 is 0 Å². The van der Waals surface area contributed by atoms with Gasteiger partial charge in [0.1, 0.15) is 6.10 Å². The van der Waals surface area contributed by atoms with E-state index in [1.54, 1.807) is 0 Å². The molecule has 0 aromatic heterocycles. The van der Waals surface area contributed by atoms with Crippen molar-refractivity contribution in [3.63, 3.8) is 0 Å². The second-order valence-electron chi connectivity index (χ2n) is 8.20. The molecule has 170 valence electrons. The van der Waals surface area contributed by atoms with E-state index in [2.05, 4.69) is 0 Å². The third kappa shape index (κ3) is 22.1. The third-order valence-corrected chi connectivity index (χ3v) is 5.28. The molecule has 0 aliphatic carbocycles. The van der Waals surface area contributed by atoms with Crippen LogP contribution in [0.3, 0.4) is 0 Å². The maximum Gasteiger partial charge on any atom is 0.100 e. The molecule has 0 spiro atoms. The van der Waals surface area contributed by atoms with Crippen molar-refractivity contribution in [3.05, 3.63) is 0 Å². The minimum atomic E-state index is -0.847. The minimum Gasteiger partial charge on any atom is -0.396 e. The maximum atomic E-state index is 9.78. The molecule has 2 unspecified atom stereocenters. The Kier molecular flexibility index (Phi) is 22.9. The molecule has 0 saturated carbocycles. The standard InChI is InChI=1S/C23H48O5/c24-18-16-14-12-10-8-6-4-2-1-3-5-7-9-11-13-15-17-22(26)20-28-21-23(27)19-25/h22-27H,1-21H2. The summed E-state index contributed by atoms with van der Waals surface area (Å²) in [7, 11) is 0. The summed E-state index contributed by atoms with van der Waals surface area (Å²) in [5.74, 6) is 0. The normalized spacial score (nSPS) is 13.7. The van der Waals surface area contributed by atoms with Gasteiger partial charge in [0.15, 0.2) is 0 Å². The smallest absolute Gasteiger partial charge is 0.100 e. The first-order valence-corrected chi connectivity index (χ1v) is 11.9. The van der Waals surface area contributed by atoms with Gasteiger partial charge >= 0.3 is 0 Å². The molecule has 0 amide bonds. The van der Waals surface area contributed by atoms with Gasteiger partial charge in [0.2, 0.25) is 0 Å². The number of unbranched alkanes of at least 4 members (excludes halogenated alkanes) is 15. The summed E-state index contributed by atoms with van der Waals surface area (Å²) in [6, 6.07) is 0. The van der Waals surface area contributed by atoms with Crippen molar-refractivity contribution in [2.24, 2.45) is 0 Å². The van der Waals surface area contributed by atoms with Crippen LogP contribution in [0.15, 0.2) is 0 Å². The predicted molar refractivity (Wildman–Crippen MR) is 115 cm³/mol. The van der Waals surface area contributed by atoms with Gasteiger partial charge in [0.05, 0.1) is 25.9 Å². The number of ether oxygens (including phenoxy) is 1. The zero-order chi connectivity index (χ0) is 20.7. The summed E-state index contributed by atoms with van der Waals surface area (Å²) in [6.45, 7) is 0.361. The number of hydrogen-bond donors (Lipinski definition) is 4. The van der Waals surface area contributed by atoms with Gasteiger partial charge in [-0.25, -0.2) is 0 Å². The van der Waals surface area contributed by atoms with Crippen LogP contribution in [-0.4, -0.2) is 59.1 Å². The lowest BCUT2D eigenvalue weighted by molar-refractivity contribution is -0.0262. The highest BCUT2D eigenvalue weighted by atomic mass is 16.5. The van der Waals surface area contributed by atoms with Gasteiger partial charge in [0, 0.05) is 6.61 Å². The van der Waals surface area contributed by atoms with Crippen molar-refractivity contribution in [3.8, 4) is 0 Å². The zero-order valence-electron chi connectivity index (χ0n) is 18.2. The Morgan fingerprint density at radius 3 is 1.21 bits per heavy atom. The molecule has 0 aliphatic rings. The van der Waals surface area contributed by atoms with Crippen molar-refractivity contribution in [1.82, 2.24) is 0 Å². The van der Waals surface area contributed by atoms with Crippen LogP contribution >= 0.6 is 0 Å². The van der Waals surface area contributed by atoms with Crippen LogP contribution in [0.2, 0.25) is 0 Å². The fourth-order valence-electron chi connectivity index (χ4n) is 3.44. The average Bonchev–Trinajstić information content (AvgIpc) is 2.70. The van der Waals surface area contributed by atoms with Crippen LogP contribution in [0, 0.1) is 0 Å².